The third-order valence-electron chi connectivity index (χ3n) is 2.52. The van der Waals surface area contributed by atoms with Crippen molar-refractivity contribution < 1.29 is 14.3 Å². The maximum Gasteiger partial charge on any atom is 0.244 e. The molecule has 2 amide bonds. The first-order valence-corrected chi connectivity index (χ1v) is 5.81. The molecule has 1 heterocycles. The lowest BCUT2D eigenvalue weighted by molar-refractivity contribution is -0.133. The fourth-order valence-electron chi connectivity index (χ4n) is 1.64. The Labute approximate surface area is 96.1 Å². The van der Waals surface area contributed by atoms with Crippen LogP contribution in [-0.4, -0.2) is 49.1 Å². The molecule has 0 aromatic rings. The molecular weight excluding hydrogens is 208 g/mol. The van der Waals surface area contributed by atoms with Gasteiger partial charge in [0.25, 0.3) is 0 Å². The van der Waals surface area contributed by atoms with Crippen LogP contribution in [0.2, 0.25) is 0 Å². The summed E-state index contributed by atoms with van der Waals surface area (Å²) in [6, 6.07) is -0.416. The van der Waals surface area contributed by atoms with Crippen molar-refractivity contribution in [3.63, 3.8) is 0 Å². The Hall–Kier alpha value is -1.10. The molecule has 1 saturated heterocycles. The minimum atomic E-state index is -0.416. The summed E-state index contributed by atoms with van der Waals surface area (Å²) in [6.45, 7) is 6.07. The molecule has 1 rings (SSSR count). The summed E-state index contributed by atoms with van der Waals surface area (Å²) < 4.78 is 5.34. The number of carbonyl (C=O) groups is 2. The van der Waals surface area contributed by atoms with E-state index < -0.39 is 6.04 Å². The van der Waals surface area contributed by atoms with Gasteiger partial charge in [0.2, 0.25) is 11.8 Å². The molecule has 1 atom stereocenters. The third-order valence-corrected chi connectivity index (χ3v) is 2.52. The van der Waals surface area contributed by atoms with Crippen LogP contribution in [-0.2, 0) is 14.3 Å². The Morgan fingerprint density at radius 3 is 2.88 bits per heavy atom. The lowest BCUT2D eigenvalue weighted by Gasteiger charge is -2.21. The number of nitrogens with one attached hydrogen (secondary N) is 1. The van der Waals surface area contributed by atoms with E-state index in [1.807, 2.05) is 6.92 Å². The molecule has 0 radical (unpaired) electrons. The van der Waals surface area contributed by atoms with Crippen molar-refractivity contribution in [3.05, 3.63) is 0 Å². The van der Waals surface area contributed by atoms with Gasteiger partial charge in [-0.25, -0.2) is 0 Å². The fraction of sp³-hybridized carbons (Fsp3) is 0.818. The molecule has 0 bridgehead atoms. The molecular formula is C11H20N2O3. The van der Waals surface area contributed by atoms with Gasteiger partial charge in [0.1, 0.15) is 6.04 Å². The normalized spacial score (nSPS) is 21.9. The maximum atomic E-state index is 11.8. The van der Waals surface area contributed by atoms with Crippen LogP contribution < -0.4 is 5.32 Å². The van der Waals surface area contributed by atoms with E-state index >= 15 is 0 Å². The molecule has 1 aliphatic heterocycles. The van der Waals surface area contributed by atoms with Crippen molar-refractivity contribution in [2.75, 3.05) is 26.3 Å². The summed E-state index contributed by atoms with van der Waals surface area (Å²) in [6.07, 6.45) is 1.36. The van der Waals surface area contributed by atoms with Crippen LogP contribution in [0.25, 0.3) is 0 Å². The van der Waals surface area contributed by atoms with Gasteiger partial charge in [-0.15, -0.1) is 0 Å². The van der Waals surface area contributed by atoms with Crippen LogP contribution in [0.4, 0.5) is 0 Å². The number of hydrogen-bond acceptors (Lipinski definition) is 3. The third kappa shape index (κ3) is 3.81. The molecule has 1 unspecified atom stereocenters. The van der Waals surface area contributed by atoms with E-state index in [2.05, 4.69) is 5.32 Å². The van der Waals surface area contributed by atoms with Crippen molar-refractivity contribution in [2.45, 2.75) is 32.7 Å². The predicted molar refractivity (Wildman–Crippen MR) is 59.9 cm³/mol. The Morgan fingerprint density at radius 2 is 2.19 bits per heavy atom. The number of rotatable bonds is 5. The van der Waals surface area contributed by atoms with Crippen LogP contribution in [0.15, 0.2) is 0 Å². The second kappa shape index (κ2) is 6.48. The van der Waals surface area contributed by atoms with Crippen molar-refractivity contribution in [2.24, 2.45) is 0 Å². The quantitative estimate of drug-likeness (QED) is 0.681. The van der Waals surface area contributed by atoms with Crippen LogP contribution in [0, 0.1) is 0 Å². The molecule has 0 aromatic heterocycles. The minimum Gasteiger partial charge on any atom is -0.380 e. The van der Waals surface area contributed by atoms with Crippen LogP contribution in [0.1, 0.15) is 26.7 Å². The van der Waals surface area contributed by atoms with Gasteiger partial charge in [-0.1, -0.05) is 6.92 Å². The summed E-state index contributed by atoms with van der Waals surface area (Å²) in [7, 11) is 0. The SMILES string of the molecule is CCCOCCN1CCC(=O)NC(C)C1=O. The average Bonchev–Trinajstić information content (AvgIpc) is 2.37. The zero-order chi connectivity index (χ0) is 12.0. The largest absolute Gasteiger partial charge is 0.380 e. The molecule has 1 aliphatic rings. The van der Waals surface area contributed by atoms with E-state index in [-0.39, 0.29) is 11.8 Å². The number of carbonyl (C=O) groups excluding carboxylic acids is 2. The standard InChI is InChI=1S/C11H20N2O3/c1-3-7-16-8-6-13-5-4-10(14)12-9(2)11(13)15/h9H,3-8H2,1-2H3,(H,12,14). The number of ether oxygens (including phenoxy) is 1. The first kappa shape index (κ1) is 13.0. The second-order valence-corrected chi connectivity index (χ2v) is 3.98. The van der Waals surface area contributed by atoms with E-state index in [4.69, 9.17) is 4.74 Å². The van der Waals surface area contributed by atoms with Gasteiger partial charge in [0, 0.05) is 26.1 Å². The molecule has 16 heavy (non-hydrogen) atoms. The number of hydrogen-bond donors (Lipinski definition) is 1. The van der Waals surface area contributed by atoms with Gasteiger partial charge >= 0.3 is 0 Å². The van der Waals surface area contributed by atoms with Gasteiger partial charge in [0.15, 0.2) is 0 Å². The summed E-state index contributed by atoms with van der Waals surface area (Å²) in [4.78, 5) is 24.7. The minimum absolute atomic E-state index is 0.0223. The van der Waals surface area contributed by atoms with E-state index in [9.17, 15) is 9.59 Å². The Bertz CT molecular complexity index is 256. The lowest BCUT2D eigenvalue weighted by atomic mass is 10.3. The van der Waals surface area contributed by atoms with Gasteiger partial charge in [-0.05, 0) is 13.3 Å². The molecule has 0 spiro atoms. The van der Waals surface area contributed by atoms with Gasteiger partial charge < -0.3 is 15.0 Å². The molecule has 0 saturated carbocycles. The molecule has 5 heteroatoms. The number of amides is 2. The zero-order valence-corrected chi connectivity index (χ0v) is 9.99. The Morgan fingerprint density at radius 1 is 1.44 bits per heavy atom. The summed E-state index contributed by atoms with van der Waals surface area (Å²) in [5.74, 6) is -0.0798. The summed E-state index contributed by atoms with van der Waals surface area (Å²) in [5, 5.41) is 2.65. The smallest absolute Gasteiger partial charge is 0.244 e. The lowest BCUT2D eigenvalue weighted by Crippen LogP contribution is -2.43. The molecule has 1 fully saturated rings. The fourth-order valence-corrected chi connectivity index (χ4v) is 1.64. The molecule has 5 nitrogen and oxygen atoms in total. The Kier molecular flexibility index (Phi) is 5.25. The highest BCUT2D eigenvalue weighted by Gasteiger charge is 2.25. The van der Waals surface area contributed by atoms with Crippen molar-refractivity contribution in [1.29, 1.82) is 0 Å². The molecule has 0 aromatic carbocycles. The topological polar surface area (TPSA) is 58.6 Å². The highest BCUT2D eigenvalue weighted by Crippen LogP contribution is 2.03. The monoisotopic (exact) mass is 228 g/mol. The van der Waals surface area contributed by atoms with Gasteiger partial charge in [0.05, 0.1) is 6.61 Å². The highest BCUT2D eigenvalue weighted by atomic mass is 16.5. The van der Waals surface area contributed by atoms with Gasteiger partial charge in [-0.2, -0.15) is 0 Å². The predicted octanol–water partition coefficient (Wildman–Crippen LogP) is 0.150. The molecule has 92 valence electrons. The highest BCUT2D eigenvalue weighted by molar-refractivity contribution is 5.89. The van der Waals surface area contributed by atoms with Crippen molar-refractivity contribution in [3.8, 4) is 0 Å². The summed E-state index contributed by atoms with van der Waals surface area (Å²) >= 11 is 0. The average molecular weight is 228 g/mol. The maximum absolute atomic E-state index is 11.8. The number of nitrogens with zero attached hydrogens (tertiary/aromatic N) is 1. The molecule has 0 aliphatic carbocycles. The first-order chi connectivity index (χ1) is 7.65. The van der Waals surface area contributed by atoms with Crippen molar-refractivity contribution in [1.82, 2.24) is 10.2 Å². The van der Waals surface area contributed by atoms with Crippen molar-refractivity contribution >= 4 is 11.8 Å². The van der Waals surface area contributed by atoms with E-state index in [1.165, 1.54) is 0 Å². The van der Waals surface area contributed by atoms with Crippen LogP contribution in [0.3, 0.4) is 0 Å². The van der Waals surface area contributed by atoms with Crippen LogP contribution >= 0.6 is 0 Å². The van der Waals surface area contributed by atoms with E-state index in [1.54, 1.807) is 11.8 Å². The second-order valence-electron chi connectivity index (χ2n) is 3.98. The Balaban J connectivity index is 2.38. The van der Waals surface area contributed by atoms with Crippen LogP contribution in [0.5, 0.6) is 0 Å². The van der Waals surface area contributed by atoms with E-state index in [0.717, 1.165) is 13.0 Å². The first-order valence-electron chi connectivity index (χ1n) is 5.81. The zero-order valence-electron chi connectivity index (χ0n) is 9.99. The molecule has 1 N–H and O–H groups in total. The summed E-state index contributed by atoms with van der Waals surface area (Å²) in [5.41, 5.74) is 0. The van der Waals surface area contributed by atoms with Gasteiger partial charge in [-0.3, -0.25) is 9.59 Å². The van der Waals surface area contributed by atoms with E-state index in [0.29, 0.717) is 26.1 Å².